The van der Waals surface area contributed by atoms with Crippen LogP contribution >= 0.6 is 0 Å². The Morgan fingerprint density at radius 3 is 1.92 bits per heavy atom. The molecule has 3 aromatic carbocycles. The van der Waals surface area contributed by atoms with E-state index in [2.05, 4.69) is 0 Å². The second-order valence-corrected chi connectivity index (χ2v) is 10.3. The molecule has 9 nitrogen and oxygen atoms in total. The molecule has 2 saturated heterocycles. The molecule has 3 aliphatic heterocycles. The number of hydrogen-bond donors (Lipinski definition) is 0. The third kappa shape index (κ3) is 3.34. The standard InChI is InChI=1S/C29H26N4O5/c1-18-5-9-21(10-6-18)31-26(34)29(27(35)32(28(31)36)22-11-7-19(2)8-12-22)17-20-16-23(33(37)38)13-14-24(20)30-15-3-4-25(29)30/h5-14,16,25H,3-4,15,17H2,1-2H3/t25-/m1/s1. The van der Waals surface area contributed by atoms with Gasteiger partial charge in [-0.15, -0.1) is 0 Å². The van der Waals surface area contributed by atoms with Crippen molar-refractivity contribution < 1.29 is 19.3 Å². The molecule has 0 unspecified atom stereocenters. The summed E-state index contributed by atoms with van der Waals surface area (Å²) in [5.74, 6) is -1.18. The number of rotatable bonds is 3. The molecule has 0 aliphatic carbocycles. The van der Waals surface area contributed by atoms with Crippen molar-refractivity contribution in [2.24, 2.45) is 5.41 Å². The molecule has 1 atom stereocenters. The van der Waals surface area contributed by atoms with E-state index >= 15 is 0 Å². The number of carbonyl (C=O) groups excluding carboxylic acids is 3. The Labute approximate surface area is 219 Å². The van der Waals surface area contributed by atoms with Gasteiger partial charge in [-0.3, -0.25) is 19.7 Å². The lowest BCUT2D eigenvalue weighted by Crippen LogP contribution is -2.72. The van der Waals surface area contributed by atoms with Gasteiger partial charge in [0.25, 0.3) is 17.5 Å². The van der Waals surface area contributed by atoms with Gasteiger partial charge in [-0.2, -0.15) is 0 Å². The maximum atomic E-state index is 14.5. The number of fused-ring (bicyclic) bond motifs is 4. The molecule has 38 heavy (non-hydrogen) atoms. The molecule has 0 saturated carbocycles. The number of amides is 4. The molecule has 0 bridgehead atoms. The van der Waals surface area contributed by atoms with Crippen LogP contribution in [0.5, 0.6) is 0 Å². The summed E-state index contributed by atoms with van der Waals surface area (Å²) in [7, 11) is 0. The summed E-state index contributed by atoms with van der Waals surface area (Å²) in [6, 6.07) is 17.5. The van der Waals surface area contributed by atoms with E-state index in [1.165, 1.54) is 12.1 Å². The lowest BCUT2D eigenvalue weighted by atomic mass is 9.68. The minimum atomic E-state index is -1.62. The van der Waals surface area contributed by atoms with Crippen molar-refractivity contribution in [1.82, 2.24) is 0 Å². The van der Waals surface area contributed by atoms with Crippen molar-refractivity contribution >= 4 is 40.6 Å². The Morgan fingerprint density at radius 2 is 1.39 bits per heavy atom. The lowest BCUT2D eigenvalue weighted by Gasteiger charge is -2.51. The molecule has 2 fully saturated rings. The summed E-state index contributed by atoms with van der Waals surface area (Å²) in [4.78, 5) is 58.3. The van der Waals surface area contributed by atoms with E-state index < -0.39 is 34.2 Å². The summed E-state index contributed by atoms with van der Waals surface area (Å²) in [6.07, 6.45) is 1.32. The SMILES string of the molecule is Cc1ccc(N2C(=O)N(c3ccc(C)cc3)C(=O)C3(Cc4cc([N+](=O)[O-])ccc4N4CCC[C@@H]43)C2=O)cc1. The highest BCUT2D eigenvalue weighted by Crippen LogP contribution is 2.51. The first kappa shape index (κ1) is 23.8. The van der Waals surface area contributed by atoms with Crippen LogP contribution in [0.1, 0.15) is 29.5 Å². The van der Waals surface area contributed by atoms with Crippen LogP contribution in [0.2, 0.25) is 0 Å². The van der Waals surface area contributed by atoms with Crippen LogP contribution < -0.4 is 14.7 Å². The van der Waals surface area contributed by atoms with Gasteiger partial charge in [-0.25, -0.2) is 14.6 Å². The fourth-order valence-electron chi connectivity index (χ4n) is 6.14. The Hall–Kier alpha value is -4.53. The van der Waals surface area contributed by atoms with Crippen molar-refractivity contribution in [3.8, 4) is 0 Å². The molecular formula is C29H26N4O5. The van der Waals surface area contributed by atoms with Gasteiger partial charge in [-0.1, -0.05) is 35.4 Å². The highest BCUT2D eigenvalue weighted by Gasteiger charge is 2.65. The third-order valence-electron chi connectivity index (χ3n) is 8.01. The average Bonchev–Trinajstić information content (AvgIpc) is 3.40. The highest BCUT2D eigenvalue weighted by molar-refractivity contribution is 6.39. The second kappa shape index (κ2) is 8.51. The Morgan fingerprint density at radius 1 is 0.842 bits per heavy atom. The molecular weight excluding hydrogens is 484 g/mol. The summed E-state index contributed by atoms with van der Waals surface area (Å²) >= 11 is 0. The predicted octanol–water partition coefficient (Wildman–Crippen LogP) is 4.92. The number of non-ortho nitro benzene ring substituents is 1. The molecule has 4 amide bonds. The van der Waals surface area contributed by atoms with Crippen LogP contribution in [0.3, 0.4) is 0 Å². The van der Waals surface area contributed by atoms with Gasteiger partial charge < -0.3 is 4.90 Å². The number of imide groups is 2. The summed E-state index contributed by atoms with van der Waals surface area (Å²) in [6.45, 7) is 4.43. The predicted molar refractivity (Wildman–Crippen MR) is 142 cm³/mol. The number of nitro groups is 1. The van der Waals surface area contributed by atoms with E-state index in [1.807, 2.05) is 43.0 Å². The van der Waals surface area contributed by atoms with Gasteiger partial charge >= 0.3 is 6.03 Å². The topological polar surface area (TPSA) is 104 Å². The van der Waals surface area contributed by atoms with Gasteiger partial charge in [0.05, 0.1) is 22.3 Å². The molecule has 0 radical (unpaired) electrons. The van der Waals surface area contributed by atoms with E-state index in [0.717, 1.165) is 33.0 Å². The number of urea groups is 1. The summed E-state index contributed by atoms with van der Waals surface area (Å²) in [5.41, 5.74) is 2.32. The van der Waals surface area contributed by atoms with Crippen molar-refractivity contribution in [3.63, 3.8) is 0 Å². The number of hydrogen-bond acceptors (Lipinski definition) is 6. The summed E-state index contributed by atoms with van der Waals surface area (Å²) in [5, 5.41) is 11.6. The zero-order valence-electron chi connectivity index (χ0n) is 21.1. The first-order valence-corrected chi connectivity index (χ1v) is 12.6. The lowest BCUT2D eigenvalue weighted by molar-refractivity contribution is -0.384. The molecule has 3 aromatic rings. The van der Waals surface area contributed by atoms with Crippen molar-refractivity contribution in [2.75, 3.05) is 21.2 Å². The second-order valence-electron chi connectivity index (χ2n) is 10.3. The molecule has 3 heterocycles. The quantitative estimate of drug-likeness (QED) is 0.281. The number of barbiturate groups is 1. The number of benzene rings is 3. The first-order valence-electron chi connectivity index (χ1n) is 12.6. The maximum Gasteiger partial charge on any atom is 0.342 e. The fourth-order valence-corrected chi connectivity index (χ4v) is 6.14. The van der Waals surface area contributed by atoms with E-state index in [4.69, 9.17) is 0 Å². The van der Waals surface area contributed by atoms with E-state index in [9.17, 15) is 24.5 Å². The molecule has 1 spiro atoms. The number of nitrogens with zero attached hydrogens (tertiary/aromatic N) is 4. The number of carbonyl (C=O) groups is 3. The molecule has 6 rings (SSSR count). The van der Waals surface area contributed by atoms with E-state index in [1.54, 1.807) is 30.3 Å². The normalized spacial score (nSPS) is 20.1. The number of nitro benzene ring substituents is 1. The highest BCUT2D eigenvalue weighted by atomic mass is 16.6. The van der Waals surface area contributed by atoms with Crippen LogP contribution in [-0.2, 0) is 16.0 Å². The summed E-state index contributed by atoms with van der Waals surface area (Å²) < 4.78 is 0. The van der Waals surface area contributed by atoms with E-state index in [-0.39, 0.29) is 12.1 Å². The zero-order chi connectivity index (χ0) is 26.8. The van der Waals surface area contributed by atoms with Crippen LogP contribution in [0, 0.1) is 29.4 Å². The molecule has 192 valence electrons. The Balaban J connectivity index is 1.58. The van der Waals surface area contributed by atoms with Crippen molar-refractivity contribution in [2.45, 2.75) is 39.2 Å². The van der Waals surface area contributed by atoms with Gasteiger partial charge in [-0.05, 0) is 62.6 Å². The zero-order valence-corrected chi connectivity index (χ0v) is 21.1. The first-order chi connectivity index (χ1) is 18.2. The van der Waals surface area contributed by atoms with Crippen LogP contribution in [0.4, 0.5) is 27.5 Å². The fraction of sp³-hybridized carbons (Fsp3) is 0.276. The van der Waals surface area contributed by atoms with Crippen LogP contribution in [0.15, 0.2) is 66.7 Å². The minimum Gasteiger partial charge on any atom is -0.367 e. The Bertz CT molecular complexity index is 1430. The van der Waals surface area contributed by atoms with Crippen molar-refractivity contribution in [3.05, 3.63) is 93.5 Å². The average molecular weight is 511 g/mol. The van der Waals surface area contributed by atoms with Gasteiger partial charge in [0.1, 0.15) is 0 Å². The minimum absolute atomic E-state index is 0.0269. The van der Waals surface area contributed by atoms with Gasteiger partial charge in [0, 0.05) is 30.8 Å². The van der Waals surface area contributed by atoms with Crippen LogP contribution in [0.25, 0.3) is 0 Å². The van der Waals surface area contributed by atoms with E-state index in [0.29, 0.717) is 29.9 Å². The molecule has 0 N–H and O–H groups in total. The number of aryl methyl sites for hydroxylation is 2. The Kier molecular flexibility index (Phi) is 5.34. The monoisotopic (exact) mass is 510 g/mol. The molecule has 3 aliphatic rings. The van der Waals surface area contributed by atoms with Gasteiger partial charge in [0.15, 0.2) is 5.41 Å². The van der Waals surface area contributed by atoms with Gasteiger partial charge in [0.2, 0.25) is 0 Å². The number of anilines is 3. The molecule has 0 aromatic heterocycles. The maximum absolute atomic E-state index is 14.5. The molecule has 9 heteroatoms. The van der Waals surface area contributed by atoms with Crippen molar-refractivity contribution in [1.29, 1.82) is 0 Å². The smallest absolute Gasteiger partial charge is 0.342 e. The third-order valence-corrected chi connectivity index (χ3v) is 8.01. The largest absolute Gasteiger partial charge is 0.367 e. The van der Waals surface area contributed by atoms with Crippen LogP contribution in [-0.4, -0.2) is 35.4 Å².